The molecule has 94 valence electrons. The van der Waals surface area contributed by atoms with Crippen molar-refractivity contribution in [3.05, 3.63) is 51.0 Å². The Hall–Kier alpha value is -1.89. The van der Waals surface area contributed by atoms with Crippen LogP contribution in [0.25, 0.3) is 0 Å². The van der Waals surface area contributed by atoms with E-state index in [2.05, 4.69) is 20.9 Å². The molecular formula is C11H10BrN3O3. The third-order valence-electron chi connectivity index (χ3n) is 2.42. The van der Waals surface area contributed by atoms with Gasteiger partial charge in [-0.15, -0.1) is 0 Å². The van der Waals surface area contributed by atoms with E-state index < -0.39 is 4.92 Å². The van der Waals surface area contributed by atoms with E-state index in [-0.39, 0.29) is 5.69 Å². The minimum absolute atomic E-state index is 0.00166. The first-order valence-electron chi connectivity index (χ1n) is 5.10. The second kappa shape index (κ2) is 5.18. The topological polar surface area (TPSA) is 70.2 Å². The number of halogens is 1. The summed E-state index contributed by atoms with van der Waals surface area (Å²) in [7, 11) is 1.86. The summed E-state index contributed by atoms with van der Waals surface area (Å²) >= 11 is 3.29. The van der Waals surface area contributed by atoms with E-state index in [1.807, 2.05) is 11.6 Å². The first-order chi connectivity index (χ1) is 8.58. The van der Waals surface area contributed by atoms with Crippen molar-refractivity contribution < 1.29 is 9.66 Å². The van der Waals surface area contributed by atoms with Gasteiger partial charge in [0.25, 0.3) is 5.69 Å². The number of benzene rings is 1. The highest BCUT2D eigenvalue weighted by molar-refractivity contribution is 9.10. The van der Waals surface area contributed by atoms with Crippen molar-refractivity contribution in [3.8, 4) is 5.75 Å². The van der Waals surface area contributed by atoms with Crippen LogP contribution in [0.3, 0.4) is 0 Å². The zero-order valence-corrected chi connectivity index (χ0v) is 11.1. The lowest BCUT2D eigenvalue weighted by Crippen LogP contribution is -2.01. The van der Waals surface area contributed by atoms with E-state index in [0.29, 0.717) is 16.8 Å². The fraction of sp³-hybridized carbons (Fsp3) is 0.182. The SMILES string of the molecule is Cn1cncc1COc1cc([N+](=O)[O-])ccc1Br. The Kier molecular flexibility index (Phi) is 3.61. The highest BCUT2D eigenvalue weighted by atomic mass is 79.9. The van der Waals surface area contributed by atoms with Crippen LogP contribution in [-0.2, 0) is 13.7 Å². The van der Waals surface area contributed by atoms with Crippen molar-refractivity contribution in [1.82, 2.24) is 9.55 Å². The number of nitrogens with zero attached hydrogens (tertiary/aromatic N) is 3. The maximum absolute atomic E-state index is 10.7. The molecule has 0 aliphatic carbocycles. The molecule has 6 nitrogen and oxygen atoms in total. The molecule has 0 saturated carbocycles. The van der Waals surface area contributed by atoms with Gasteiger partial charge in [-0.05, 0) is 22.0 Å². The zero-order valence-electron chi connectivity index (χ0n) is 9.54. The van der Waals surface area contributed by atoms with Gasteiger partial charge in [-0.25, -0.2) is 4.98 Å². The number of nitro benzene ring substituents is 1. The summed E-state index contributed by atoms with van der Waals surface area (Å²) in [5, 5.41) is 10.7. The predicted molar refractivity (Wildman–Crippen MR) is 68.3 cm³/mol. The van der Waals surface area contributed by atoms with Gasteiger partial charge in [0.15, 0.2) is 0 Å². The molecule has 1 aromatic carbocycles. The lowest BCUT2D eigenvalue weighted by Gasteiger charge is -2.08. The van der Waals surface area contributed by atoms with Gasteiger partial charge in [-0.3, -0.25) is 10.1 Å². The molecule has 1 heterocycles. The van der Waals surface area contributed by atoms with Gasteiger partial charge in [0.2, 0.25) is 0 Å². The van der Waals surface area contributed by atoms with Crippen molar-refractivity contribution in [1.29, 1.82) is 0 Å². The second-order valence-electron chi connectivity index (χ2n) is 3.66. The molecule has 0 spiro atoms. The smallest absolute Gasteiger partial charge is 0.273 e. The molecule has 7 heteroatoms. The monoisotopic (exact) mass is 311 g/mol. The van der Waals surface area contributed by atoms with Crippen molar-refractivity contribution in [2.75, 3.05) is 0 Å². The van der Waals surface area contributed by atoms with Gasteiger partial charge in [0.1, 0.15) is 12.4 Å². The number of imidazole rings is 1. The molecule has 18 heavy (non-hydrogen) atoms. The Balaban J connectivity index is 2.16. The summed E-state index contributed by atoms with van der Waals surface area (Å²) in [6, 6.07) is 4.40. The predicted octanol–water partition coefficient (Wildman–Crippen LogP) is 2.67. The lowest BCUT2D eigenvalue weighted by molar-refractivity contribution is -0.385. The summed E-state index contributed by atoms with van der Waals surface area (Å²) in [4.78, 5) is 14.2. The Bertz CT molecular complexity index is 583. The highest BCUT2D eigenvalue weighted by Gasteiger charge is 2.11. The summed E-state index contributed by atoms with van der Waals surface area (Å²) in [5.41, 5.74) is 0.881. The molecule has 0 bridgehead atoms. The summed E-state index contributed by atoms with van der Waals surface area (Å²) in [6.45, 7) is 0.302. The van der Waals surface area contributed by atoms with E-state index in [1.54, 1.807) is 18.6 Å². The molecule has 2 aromatic rings. The maximum Gasteiger partial charge on any atom is 0.273 e. The van der Waals surface area contributed by atoms with Crippen LogP contribution in [-0.4, -0.2) is 14.5 Å². The van der Waals surface area contributed by atoms with E-state index in [4.69, 9.17) is 4.74 Å². The van der Waals surface area contributed by atoms with Crippen molar-refractivity contribution in [3.63, 3.8) is 0 Å². The first-order valence-corrected chi connectivity index (χ1v) is 5.89. The van der Waals surface area contributed by atoms with E-state index in [1.165, 1.54) is 12.1 Å². The second-order valence-corrected chi connectivity index (χ2v) is 4.51. The van der Waals surface area contributed by atoms with Gasteiger partial charge < -0.3 is 9.30 Å². The number of hydrogen-bond acceptors (Lipinski definition) is 4. The molecule has 2 rings (SSSR count). The van der Waals surface area contributed by atoms with E-state index in [9.17, 15) is 10.1 Å². The zero-order chi connectivity index (χ0) is 13.1. The number of aromatic nitrogens is 2. The van der Waals surface area contributed by atoms with Crippen molar-refractivity contribution in [2.24, 2.45) is 7.05 Å². The van der Waals surface area contributed by atoms with Gasteiger partial charge in [-0.1, -0.05) is 0 Å². The minimum atomic E-state index is -0.455. The minimum Gasteiger partial charge on any atom is -0.486 e. The van der Waals surface area contributed by atoms with Crippen LogP contribution in [0, 0.1) is 10.1 Å². The summed E-state index contributed by atoms with van der Waals surface area (Å²) < 4.78 is 8.04. The lowest BCUT2D eigenvalue weighted by atomic mass is 10.3. The third kappa shape index (κ3) is 2.67. The molecule has 0 saturated heterocycles. The largest absolute Gasteiger partial charge is 0.486 e. The molecule has 0 N–H and O–H groups in total. The molecular weight excluding hydrogens is 302 g/mol. The molecule has 0 unspecified atom stereocenters. The quantitative estimate of drug-likeness (QED) is 0.643. The van der Waals surface area contributed by atoms with Gasteiger partial charge >= 0.3 is 0 Å². The summed E-state index contributed by atoms with van der Waals surface area (Å²) in [5.74, 6) is 0.436. The number of non-ortho nitro benzene ring substituents is 1. The van der Waals surface area contributed by atoms with Crippen LogP contribution in [0.4, 0.5) is 5.69 Å². The van der Waals surface area contributed by atoms with E-state index >= 15 is 0 Å². The third-order valence-corrected chi connectivity index (χ3v) is 3.07. The normalized spacial score (nSPS) is 10.3. The van der Waals surface area contributed by atoms with Crippen LogP contribution < -0.4 is 4.74 Å². The number of hydrogen-bond donors (Lipinski definition) is 0. The standard InChI is InChI=1S/C11H10BrN3O3/c1-14-7-13-5-9(14)6-18-11-4-8(15(16)17)2-3-10(11)12/h2-5,7H,6H2,1H3. The molecule has 0 aliphatic heterocycles. The maximum atomic E-state index is 10.7. The highest BCUT2D eigenvalue weighted by Crippen LogP contribution is 2.29. The first kappa shape index (κ1) is 12.6. The average molecular weight is 312 g/mol. The van der Waals surface area contributed by atoms with Gasteiger partial charge in [0.05, 0.1) is 33.7 Å². The van der Waals surface area contributed by atoms with Gasteiger partial charge in [-0.2, -0.15) is 0 Å². The average Bonchev–Trinajstić information content (AvgIpc) is 2.73. The van der Waals surface area contributed by atoms with Crippen LogP contribution in [0.5, 0.6) is 5.75 Å². The van der Waals surface area contributed by atoms with Crippen molar-refractivity contribution in [2.45, 2.75) is 6.61 Å². The number of aryl methyl sites for hydroxylation is 1. The molecule has 0 fully saturated rings. The molecule has 0 aliphatic rings. The van der Waals surface area contributed by atoms with Crippen molar-refractivity contribution >= 4 is 21.6 Å². The fourth-order valence-electron chi connectivity index (χ4n) is 1.39. The van der Waals surface area contributed by atoms with Crippen LogP contribution in [0.2, 0.25) is 0 Å². The number of rotatable bonds is 4. The molecule has 0 atom stereocenters. The molecule has 0 radical (unpaired) electrons. The van der Waals surface area contributed by atoms with Crippen LogP contribution in [0.15, 0.2) is 35.2 Å². The Morgan fingerprint density at radius 3 is 2.94 bits per heavy atom. The Labute approximate surface area is 111 Å². The number of ether oxygens (including phenoxy) is 1. The van der Waals surface area contributed by atoms with Gasteiger partial charge in [0, 0.05) is 13.1 Å². The molecule has 0 amide bonds. The Morgan fingerprint density at radius 1 is 1.56 bits per heavy atom. The van der Waals surface area contributed by atoms with Crippen LogP contribution >= 0.6 is 15.9 Å². The van der Waals surface area contributed by atoms with E-state index in [0.717, 1.165) is 5.69 Å². The van der Waals surface area contributed by atoms with Crippen LogP contribution in [0.1, 0.15) is 5.69 Å². The molecule has 1 aromatic heterocycles. The fourth-order valence-corrected chi connectivity index (χ4v) is 1.75. The Morgan fingerprint density at radius 2 is 2.33 bits per heavy atom. The summed E-state index contributed by atoms with van der Waals surface area (Å²) in [6.07, 6.45) is 3.35. The number of nitro groups is 1.